The molecule has 4 nitrogen and oxygen atoms in total. The van der Waals surface area contributed by atoms with Crippen LogP contribution in [-0.2, 0) is 24.8 Å². The smallest absolute Gasteiger partial charge is 0.0666 e. The van der Waals surface area contributed by atoms with Gasteiger partial charge in [-0.15, -0.1) is 0 Å². The van der Waals surface area contributed by atoms with Crippen molar-refractivity contribution < 1.29 is 4.74 Å². The van der Waals surface area contributed by atoms with Crippen molar-refractivity contribution in [2.24, 2.45) is 13.0 Å². The summed E-state index contributed by atoms with van der Waals surface area (Å²) in [5.74, 6) is 0.861. The molecule has 17 heavy (non-hydrogen) atoms. The molecule has 1 aliphatic rings. The minimum absolute atomic E-state index is 0.818. The average Bonchev–Trinajstić information content (AvgIpc) is 3.07. The Labute approximate surface area is 103 Å². The van der Waals surface area contributed by atoms with Crippen molar-refractivity contribution in [3.63, 3.8) is 0 Å². The molecule has 1 aromatic rings. The second kappa shape index (κ2) is 6.17. The summed E-state index contributed by atoms with van der Waals surface area (Å²) < 4.78 is 7.46. The van der Waals surface area contributed by atoms with Gasteiger partial charge in [-0.25, -0.2) is 0 Å². The van der Waals surface area contributed by atoms with Crippen LogP contribution in [0.4, 0.5) is 0 Å². The third-order valence-corrected chi connectivity index (χ3v) is 3.12. The molecule has 0 spiro atoms. The molecule has 1 aromatic heterocycles. The molecule has 1 aliphatic carbocycles. The lowest BCUT2D eigenvalue weighted by molar-refractivity contribution is 0.126. The zero-order valence-electron chi connectivity index (χ0n) is 10.9. The third kappa shape index (κ3) is 4.13. The van der Waals surface area contributed by atoms with Crippen molar-refractivity contribution in [3.8, 4) is 0 Å². The lowest BCUT2D eigenvalue weighted by Crippen LogP contribution is -2.20. The number of nitrogens with zero attached hydrogens (tertiary/aromatic N) is 2. The molecule has 4 heteroatoms. The normalized spacial score (nSPS) is 15.4. The number of nitrogens with one attached hydrogen (secondary N) is 1. The van der Waals surface area contributed by atoms with Gasteiger partial charge in [0, 0.05) is 38.5 Å². The van der Waals surface area contributed by atoms with Crippen LogP contribution in [0.5, 0.6) is 0 Å². The first-order chi connectivity index (χ1) is 8.29. The number of hydrogen-bond acceptors (Lipinski definition) is 3. The summed E-state index contributed by atoms with van der Waals surface area (Å²) in [6, 6.07) is 0. The zero-order chi connectivity index (χ0) is 12.1. The van der Waals surface area contributed by atoms with Crippen LogP contribution < -0.4 is 5.32 Å². The first kappa shape index (κ1) is 12.6. The summed E-state index contributed by atoms with van der Waals surface area (Å²) in [7, 11) is 1.97. The molecular formula is C13H23N3O. The molecule has 2 rings (SSSR count). The van der Waals surface area contributed by atoms with Crippen LogP contribution in [0.1, 0.15) is 31.0 Å². The van der Waals surface area contributed by atoms with Gasteiger partial charge < -0.3 is 10.1 Å². The Balaban J connectivity index is 1.59. The fraction of sp³-hybridized carbons (Fsp3) is 0.769. The van der Waals surface area contributed by atoms with Crippen molar-refractivity contribution in [3.05, 3.63) is 17.5 Å². The average molecular weight is 237 g/mol. The molecule has 0 saturated heterocycles. The highest BCUT2D eigenvalue weighted by atomic mass is 16.5. The van der Waals surface area contributed by atoms with Gasteiger partial charge in [-0.3, -0.25) is 4.68 Å². The Morgan fingerprint density at radius 2 is 2.35 bits per heavy atom. The Kier molecular flexibility index (Phi) is 4.57. The predicted molar refractivity (Wildman–Crippen MR) is 67.8 cm³/mol. The summed E-state index contributed by atoms with van der Waals surface area (Å²) in [6.07, 6.45) is 5.82. The van der Waals surface area contributed by atoms with Crippen molar-refractivity contribution in [1.29, 1.82) is 0 Å². The second-order valence-electron chi connectivity index (χ2n) is 4.82. The van der Waals surface area contributed by atoms with Gasteiger partial charge in [0.1, 0.15) is 0 Å². The largest absolute Gasteiger partial charge is 0.380 e. The van der Waals surface area contributed by atoms with Crippen LogP contribution in [-0.4, -0.2) is 29.5 Å². The highest BCUT2D eigenvalue weighted by Crippen LogP contribution is 2.28. The fourth-order valence-electron chi connectivity index (χ4n) is 1.93. The topological polar surface area (TPSA) is 39.1 Å². The standard InChI is InChI=1S/C13H23N3O/c1-3-13-12(9-16(2)15-13)8-14-6-7-17-10-11-4-5-11/h9,11,14H,3-8,10H2,1-2H3. The van der Waals surface area contributed by atoms with E-state index in [1.807, 2.05) is 11.7 Å². The Hall–Kier alpha value is -0.870. The Morgan fingerprint density at radius 3 is 3.06 bits per heavy atom. The fourth-order valence-corrected chi connectivity index (χ4v) is 1.93. The molecule has 1 fully saturated rings. The van der Waals surface area contributed by atoms with Gasteiger partial charge in [0.2, 0.25) is 0 Å². The number of ether oxygens (including phenoxy) is 1. The molecule has 0 bridgehead atoms. The molecule has 1 saturated carbocycles. The quantitative estimate of drug-likeness (QED) is 0.696. The first-order valence-corrected chi connectivity index (χ1v) is 6.59. The van der Waals surface area contributed by atoms with E-state index in [1.54, 1.807) is 0 Å². The molecule has 1 heterocycles. The highest BCUT2D eigenvalue weighted by Gasteiger charge is 2.20. The maximum Gasteiger partial charge on any atom is 0.0666 e. The van der Waals surface area contributed by atoms with Gasteiger partial charge in [-0.2, -0.15) is 5.10 Å². The molecule has 0 aliphatic heterocycles. The lowest BCUT2D eigenvalue weighted by atomic mass is 10.2. The van der Waals surface area contributed by atoms with E-state index < -0.39 is 0 Å². The molecule has 0 amide bonds. The lowest BCUT2D eigenvalue weighted by Gasteiger charge is -2.05. The van der Waals surface area contributed by atoms with E-state index in [4.69, 9.17) is 4.74 Å². The van der Waals surface area contributed by atoms with Crippen LogP contribution >= 0.6 is 0 Å². The van der Waals surface area contributed by atoms with Gasteiger partial charge in [-0.05, 0) is 25.2 Å². The van der Waals surface area contributed by atoms with E-state index in [-0.39, 0.29) is 0 Å². The van der Waals surface area contributed by atoms with Gasteiger partial charge in [-0.1, -0.05) is 6.92 Å². The highest BCUT2D eigenvalue weighted by molar-refractivity contribution is 5.16. The van der Waals surface area contributed by atoms with E-state index in [0.29, 0.717) is 0 Å². The van der Waals surface area contributed by atoms with Crippen molar-refractivity contribution in [2.75, 3.05) is 19.8 Å². The summed E-state index contributed by atoms with van der Waals surface area (Å²) in [4.78, 5) is 0. The van der Waals surface area contributed by atoms with E-state index in [0.717, 1.165) is 38.6 Å². The molecule has 1 N–H and O–H groups in total. The van der Waals surface area contributed by atoms with Gasteiger partial charge in [0.25, 0.3) is 0 Å². The van der Waals surface area contributed by atoms with Crippen LogP contribution in [0.25, 0.3) is 0 Å². The molecule has 96 valence electrons. The van der Waals surface area contributed by atoms with E-state index in [9.17, 15) is 0 Å². The molecule has 0 aromatic carbocycles. The number of rotatable bonds is 8. The van der Waals surface area contributed by atoms with Crippen LogP contribution in [0.2, 0.25) is 0 Å². The number of aryl methyl sites for hydroxylation is 2. The first-order valence-electron chi connectivity index (χ1n) is 6.59. The van der Waals surface area contributed by atoms with Crippen LogP contribution in [0.15, 0.2) is 6.20 Å². The molecular weight excluding hydrogens is 214 g/mol. The zero-order valence-corrected chi connectivity index (χ0v) is 10.9. The second-order valence-corrected chi connectivity index (χ2v) is 4.82. The molecule has 0 radical (unpaired) electrons. The minimum Gasteiger partial charge on any atom is -0.380 e. The third-order valence-electron chi connectivity index (χ3n) is 3.12. The Morgan fingerprint density at radius 1 is 1.53 bits per heavy atom. The molecule has 0 unspecified atom stereocenters. The summed E-state index contributed by atoms with van der Waals surface area (Å²) in [5, 5.41) is 7.83. The monoisotopic (exact) mass is 237 g/mol. The number of aromatic nitrogens is 2. The summed E-state index contributed by atoms with van der Waals surface area (Å²) in [6.45, 7) is 5.73. The maximum absolute atomic E-state index is 5.57. The van der Waals surface area contributed by atoms with Gasteiger partial charge >= 0.3 is 0 Å². The maximum atomic E-state index is 5.57. The van der Waals surface area contributed by atoms with Crippen molar-refractivity contribution >= 4 is 0 Å². The van der Waals surface area contributed by atoms with E-state index >= 15 is 0 Å². The number of hydrogen-bond donors (Lipinski definition) is 1. The van der Waals surface area contributed by atoms with Crippen molar-refractivity contribution in [2.45, 2.75) is 32.7 Å². The SMILES string of the molecule is CCc1nn(C)cc1CNCCOCC1CC1. The summed E-state index contributed by atoms with van der Waals surface area (Å²) >= 11 is 0. The van der Waals surface area contributed by atoms with Gasteiger partial charge in [0.05, 0.1) is 12.3 Å². The van der Waals surface area contributed by atoms with Crippen LogP contribution in [0.3, 0.4) is 0 Å². The van der Waals surface area contributed by atoms with E-state index in [2.05, 4.69) is 23.5 Å². The Bertz CT molecular complexity index is 344. The predicted octanol–water partition coefficient (Wildman–Crippen LogP) is 1.50. The van der Waals surface area contributed by atoms with Crippen LogP contribution in [0, 0.1) is 5.92 Å². The molecule has 0 atom stereocenters. The van der Waals surface area contributed by atoms with Crippen molar-refractivity contribution in [1.82, 2.24) is 15.1 Å². The summed E-state index contributed by atoms with van der Waals surface area (Å²) in [5.41, 5.74) is 2.50. The van der Waals surface area contributed by atoms with E-state index in [1.165, 1.54) is 24.1 Å². The minimum atomic E-state index is 0.818. The van der Waals surface area contributed by atoms with Gasteiger partial charge in [0.15, 0.2) is 0 Å².